The Bertz CT molecular complexity index is 1070. The van der Waals surface area contributed by atoms with Gasteiger partial charge in [-0.25, -0.2) is 14.6 Å². The molecule has 0 saturated carbocycles. The van der Waals surface area contributed by atoms with Crippen molar-refractivity contribution in [1.82, 2.24) is 10.3 Å². The van der Waals surface area contributed by atoms with Crippen LogP contribution < -0.4 is 16.0 Å². The highest BCUT2D eigenvalue weighted by molar-refractivity contribution is 7.98. The summed E-state index contributed by atoms with van der Waals surface area (Å²) >= 11 is 1.48. The predicted molar refractivity (Wildman–Crippen MR) is 128 cm³/mol. The van der Waals surface area contributed by atoms with Gasteiger partial charge >= 0.3 is 12.1 Å². The number of carbonyl (C=O) groups excluding carboxylic acids is 2. The lowest BCUT2D eigenvalue weighted by atomic mass is 10.1. The minimum atomic E-state index is -0.608. The van der Waals surface area contributed by atoms with Crippen LogP contribution in [0.3, 0.4) is 0 Å². The lowest BCUT2D eigenvalue weighted by molar-refractivity contribution is 0.0703. The first-order valence-corrected chi connectivity index (χ1v) is 11.6. The third-order valence-electron chi connectivity index (χ3n) is 4.63. The van der Waals surface area contributed by atoms with Crippen molar-refractivity contribution in [3.63, 3.8) is 0 Å². The van der Waals surface area contributed by atoms with Gasteiger partial charge in [0.25, 0.3) is 0 Å². The maximum absolute atomic E-state index is 12.4. The van der Waals surface area contributed by atoms with Crippen LogP contribution in [0.1, 0.15) is 11.1 Å². The monoisotopic (exact) mass is 470 g/mol. The first-order chi connectivity index (χ1) is 16.0. The van der Waals surface area contributed by atoms with E-state index in [1.165, 1.54) is 18.2 Å². The highest BCUT2D eigenvalue weighted by Gasteiger charge is 2.13. The first kappa shape index (κ1) is 24.1. The zero-order chi connectivity index (χ0) is 23.6. The summed E-state index contributed by atoms with van der Waals surface area (Å²) in [6, 6.07) is 12.2. The number of hydrogen-bond acceptors (Lipinski definition) is 7. The number of aliphatic hydroxyl groups excluding tert-OH is 1. The van der Waals surface area contributed by atoms with E-state index in [0.29, 0.717) is 22.9 Å². The molecule has 0 aliphatic rings. The van der Waals surface area contributed by atoms with Gasteiger partial charge in [0.15, 0.2) is 12.2 Å². The van der Waals surface area contributed by atoms with Crippen molar-refractivity contribution in [2.24, 2.45) is 0 Å². The molecule has 174 valence electrons. The number of aromatic nitrogens is 1. The number of thioether (sulfide) groups is 1. The molecule has 0 unspecified atom stereocenters. The van der Waals surface area contributed by atoms with E-state index in [2.05, 4.69) is 20.9 Å². The maximum atomic E-state index is 12.4. The molecule has 3 rings (SSSR count). The first-order valence-electron chi connectivity index (χ1n) is 10.2. The number of carbonyl (C=O) groups is 2. The van der Waals surface area contributed by atoms with Crippen LogP contribution in [-0.4, -0.2) is 46.9 Å². The predicted octanol–water partition coefficient (Wildman–Crippen LogP) is 4.24. The summed E-state index contributed by atoms with van der Waals surface area (Å²) < 4.78 is 10.5. The van der Waals surface area contributed by atoms with Crippen molar-refractivity contribution >= 4 is 35.3 Å². The Labute approximate surface area is 195 Å². The number of aryl methyl sites for hydroxylation is 1. The van der Waals surface area contributed by atoms with Crippen LogP contribution in [0.5, 0.6) is 0 Å². The molecule has 1 atom stereocenters. The van der Waals surface area contributed by atoms with E-state index in [9.17, 15) is 14.7 Å². The molecule has 1 heterocycles. The van der Waals surface area contributed by atoms with Gasteiger partial charge in [-0.3, -0.25) is 0 Å². The molecule has 0 spiro atoms. The van der Waals surface area contributed by atoms with Gasteiger partial charge in [0, 0.05) is 29.2 Å². The second kappa shape index (κ2) is 11.9. The molecule has 0 radical (unpaired) electrons. The summed E-state index contributed by atoms with van der Waals surface area (Å²) in [4.78, 5) is 28.3. The highest BCUT2D eigenvalue weighted by Crippen LogP contribution is 2.25. The highest BCUT2D eigenvalue weighted by atomic mass is 32.2. The summed E-state index contributed by atoms with van der Waals surface area (Å²) in [5.41, 5.74) is 3.83. The summed E-state index contributed by atoms with van der Waals surface area (Å²) in [5.74, 6) is 1.18. The van der Waals surface area contributed by atoms with E-state index < -0.39 is 18.2 Å². The largest absolute Gasteiger partial charge is 0.444 e. The molecule has 9 nitrogen and oxygen atoms in total. The van der Waals surface area contributed by atoms with Crippen molar-refractivity contribution in [2.45, 2.75) is 19.6 Å². The van der Waals surface area contributed by atoms with Gasteiger partial charge in [0.05, 0.1) is 12.8 Å². The van der Waals surface area contributed by atoms with Gasteiger partial charge in [-0.15, -0.1) is 0 Å². The molecule has 33 heavy (non-hydrogen) atoms. The summed E-state index contributed by atoms with van der Waals surface area (Å²) in [5, 5.41) is 17.4. The van der Waals surface area contributed by atoms with Crippen LogP contribution in [0.25, 0.3) is 11.3 Å². The van der Waals surface area contributed by atoms with Crippen LogP contribution in [-0.2, 0) is 11.3 Å². The molecular formula is C23H26N4O5S. The second-order valence-corrected chi connectivity index (χ2v) is 8.10. The van der Waals surface area contributed by atoms with Crippen molar-refractivity contribution < 1.29 is 23.8 Å². The average Bonchev–Trinajstić information content (AvgIpc) is 3.32. The lowest BCUT2D eigenvalue weighted by Crippen LogP contribution is -2.31. The molecule has 3 amide bonds. The fourth-order valence-electron chi connectivity index (χ4n) is 3.10. The molecule has 4 N–H and O–H groups in total. The Balaban J connectivity index is 1.53. The Morgan fingerprint density at radius 3 is 2.64 bits per heavy atom. The van der Waals surface area contributed by atoms with E-state index in [-0.39, 0.29) is 13.2 Å². The third-order valence-corrected chi connectivity index (χ3v) is 5.34. The number of benzene rings is 2. The van der Waals surface area contributed by atoms with E-state index in [1.54, 1.807) is 30.5 Å². The van der Waals surface area contributed by atoms with Gasteiger partial charge in [-0.05, 0) is 54.6 Å². The molecule has 0 bridgehead atoms. The number of hydrogen-bond donors (Lipinski definition) is 4. The number of urea groups is 1. The molecule has 0 saturated heterocycles. The summed E-state index contributed by atoms with van der Waals surface area (Å²) in [6.45, 7) is 1.91. The van der Waals surface area contributed by atoms with Crippen LogP contribution in [0.2, 0.25) is 0 Å². The van der Waals surface area contributed by atoms with Crippen LogP contribution in [0.15, 0.2) is 59.5 Å². The van der Waals surface area contributed by atoms with Crippen LogP contribution in [0.4, 0.5) is 21.0 Å². The molecule has 0 fully saturated rings. The Morgan fingerprint density at radius 2 is 1.97 bits per heavy atom. The van der Waals surface area contributed by atoms with Crippen molar-refractivity contribution in [3.05, 3.63) is 66.2 Å². The van der Waals surface area contributed by atoms with Crippen LogP contribution >= 0.6 is 11.8 Å². The third kappa shape index (κ3) is 7.26. The van der Waals surface area contributed by atoms with Crippen molar-refractivity contribution in [1.29, 1.82) is 0 Å². The number of aliphatic hydroxyl groups is 1. The van der Waals surface area contributed by atoms with Gasteiger partial charge in [-0.2, -0.15) is 11.8 Å². The number of amides is 3. The zero-order valence-electron chi connectivity index (χ0n) is 18.3. The Kier molecular flexibility index (Phi) is 8.73. The second-order valence-electron chi connectivity index (χ2n) is 7.19. The number of oxazole rings is 1. The number of nitrogens with zero attached hydrogens (tertiary/aromatic N) is 1. The van der Waals surface area contributed by atoms with E-state index in [1.807, 2.05) is 31.4 Å². The Hall–Kier alpha value is -3.50. The molecule has 0 aliphatic heterocycles. The lowest BCUT2D eigenvalue weighted by Gasteiger charge is -2.15. The fourth-order valence-corrected chi connectivity index (χ4v) is 3.64. The topological polar surface area (TPSA) is 126 Å². The summed E-state index contributed by atoms with van der Waals surface area (Å²) in [6.07, 6.45) is 3.72. The minimum Gasteiger partial charge on any atom is -0.444 e. The molecule has 1 aromatic heterocycles. The number of nitrogens with one attached hydrogen (secondary N) is 3. The smallest absolute Gasteiger partial charge is 0.407 e. The molecule has 2 aromatic carbocycles. The van der Waals surface area contributed by atoms with Crippen molar-refractivity contribution in [3.8, 4) is 11.3 Å². The van der Waals surface area contributed by atoms with Gasteiger partial charge in [-0.1, -0.05) is 12.1 Å². The number of ether oxygens (including phenoxy) is 1. The van der Waals surface area contributed by atoms with Gasteiger partial charge < -0.3 is 30.2 Å². The van der Waals surface area contributed by atoms with Gasteiger partial charge in [0.2, 0.25) is 0 Å². The SMILES string of the molecule is CSC[C@H](CO)OC(=O)NCc1cccc(NC(=O)Nc2ccc(-c3cnco3)c(C)c2)c1. The van der Waals surface area contributed by atoms with Gasteiger partial charge in [0.1, 0.15) is 6.10 Å². The number of anilines is 2. The quantitative estimate of drug-likeness (QED) is 0.368. The molecule has 0 aliphatic carbocycles. The zero-order valence-corrected chi connectivity index (χ0v) is 19.1. The standard InChI is InChI=1S/C23H26N4O5S/c1-15-8-18(6-7-20(15)21-11-24-14-31-21)27-22(29)26-17-5-3-4-16(9-17)10-25-23(30)32-19(12-28)13-33-2/h3-9,11,14,19,28H,10,12-13H2,1-2H3,(H,25,30)(H2,26,27,29)/t19-/m0/s1. The fraction of sp³-hybridized carbons (Fsp3) is 0.261. The van der Waals surface area contributed by atoms with Crippen molar-refractivity contribution in [2.75, 3.05) is 29.2 Å². The number of rotatable bonds is 9. The van der Waals surface area contributed by atoms with E-state index in [0.717, 1.165) is 16.7 Å². The van der Waals surface area contributed by atoms with E-state index >= 15 is 0 Å². The Morgan fingerprint density at radius 1 is 1.18 bits per heavy atom. The normalized spacial score (nSPS) is 11.5. The molecule has 10 heteroatoms. The molecule has 3 aromatic rings. The summed E-state index contributed by atoms with van der Waals surface area (Å²) in [7, 11) is 0. The average molecular weight is 471 g/mol. The maximum Gasteiger partial charge on any atom is 0.407 e. The minimum absolute atomic E-state index is 0.218. The number of alkyl carbamates (subject to hydrolysis) is 1. The van der Waals surface area contributed by atoms with Crippen LogP contribution in [0, 0.1) is 6.92 Å². The molecular weight excluding hydrogens is 444 g/mol. The van der Waals surface area contributed by atoms with E-state index in [4.69, 9.17) is 9.15 Å².